The highest BCUT2D eigenvalue weighted by Gasteiger charge is 2.28. The summed E-state index contributed by atoms with van der Waals surface area (Å²) in [5.74, 6) is -6.30. The first-order valence-corrected chi connectivity index (χ1v) is 10.0. The lowest BCUT2D eigenvalue weighted by Gasteiger charge is -2.21. The topological polar surface area (TPSA) is 251 Å². The molecule has 0 saturated heterocycles. The molecule has 34 heavy (non-hydrogen) atoms. The predicted molar refractivity (Wildman–Crippen MR) is 115 cm³/mol. The van der Waals surface area contributed by atoms with Crippen molar-refractivity contribution in [2.75, 3.05) is 6.54 Å². The molecule has 14 nitrogen and oxygen atoms in total. The normalized spacial score (nSPS) is 13.1. The second-order valence-corrected chi connectivity index (χ2v) is 7.32. The summed E-state index contributed by atoms with van der Waals surface area (Å²) in [4.78, 5) is 69.9. The molecule has 0 bridgehead atoms. The Balaban J connectivity index is 2.73. The number of aromatic hydroxyl groups is 1. The van der Waals surface area contributed by atoms with Crippen LogP contribution in [0.4, 0.5) is 0 Å². The Bertz CT molecular complexity index is 920. The van der Waals surface area contributed by atoms with Gasteiger partial charge in [-0.25, -0.2) is 4.79 Å². The molecule has 0 radical (unpaired) electrons. The number of nitrogens with one attached hydrogen (secondary N) is 3. The lowest BCUT2D eigenvalue weighted by molar-refractivity contribution is -0.143. The van der Waals surface area contributed by atoms with Gasteiger partial charge in [-0.2, -0.15) is 0 Å². The fraction of sp³-hybridized carbons (Fsp3) is 0.400. The molecule has 0 saturated carbocycles. The quantitative estimate of drug-likeness (QED) is 0.135. The maximum absolute atomic E-state index is 12.5. The number of carboxylic acids is 2. The van der Waals surface area contributed by atoms with E-state index in [-0.39, 0.29) is 25.0 Å². The minimum absolute atomic E-state index is 0.0372. The average molecular weight is 481 g/mol. The zero-order valence-electron chi connectivity index (χ0n) is 18.0. The Hall–Kier alpha value is -4.20. The smallest absolute Gasteiger partial charge is 0.326 e. The number of phenolic OH excluding ortho intramolecular Hbond substituents is 1. The highest BCUT2D eigenvalue weighted by Crippen LogP contribution is 2.11. The molecule has 0 fully saturated rings. The van der Waals surface area contributed by atoms with Crippen LogP contribution < -0.4 is 27.4 Å². The van der Waals surface area contributed by atoms with Gasteiger partial charge in [-0.3, -0.25) is 24.0 Å². The molecule has 1 rings (SSSR count). The number of carbonyl (C=O) groups is 6. The number of carboxylic acid groups (broad SMARTS) is 2. The molecule has 0 heterocycles. The first-order valence-electron chi connectivity index (χ1n) is 10.0. The summed E-state index contributed by atoms with van der Waals surface area (Å²) in [6.07, 6.45) is -1.22. The van der Waals surface area contributed by atoms with E-state index >= 15 is 0 Å². The van der Waals surface area contributed by atoms with Crippen LogP contribution in [0.1, 0.15) is 24.8 Å². The van der Waals surface area contributed by atoms with Crippen LogP contribution in [0.3, 0.4) is 0 Å². The third kappa shape index (κ3) is 10.4. The van der Waals surface area contributed by atoms with E-state index in [0.717, 1.165) is 0 Å². The van der Waals surface area contributed by atoms with E-state index in [1.54, 1.807) is 0 Å². The first-order chi connectivity index (χ1) is 15.9. The number of rotatable bonds is 14. The molecule has 0 aliphatic rings. The molecule has 4 amide bonds. The van der Waals surface area contributed by atoms with E-state index in [2.05, 4.69) is 16.0 Å². The van der Waals surface area contributed by atoms with Crippen LogP contribution in [0.15, 0.2) is 24.3 Å². The predicted octanol–water partition coefficient (Wildman–Crippen LogP) is -2.83. The molecule has 3 unspecified atom stereocenters. The number of nitrogens with two attached hydrogens (primary N) is 2. The molecule has 0 aromatic heterocycles. The van der Waals surface area contributed by atoms with Crippen LogP contribution in [0.25, 0.3) is 0 Å². The van der Waals surface area contributed by atoms with E-state index < -0.39 is 66.7 Å². The third-order valence-electron chi connectivity index (χ3n) is 4.48. The molecular weight excluding hydrogens is 454 g/mol. The van der Waals surface area contributed by atoms with Gasteiger partial charge in [0.1, 0.15) is 17.8 Å². The highest BCUT2D eigenvalue weighted by molar-refractivity contribution is 5.94. The molecule has 10 N–H and O–H groups in total. The largest absolute Gasteiger partial charge is 0.508 e. The molecule has 1 aromatic rings. The van der Waals surface area contributed by atoms with Gasteiger partial charge in [0.15, 0.2) is 0 Å². The summed E-state index contributed by atoms with van der Waals surface area (Å²) >= 11 is 0. The number of aliphatic carboxylic acids is 2. The van der Waals surface area contributed by atoms with Crippen molar-refractivity contribution >= 4 is 35.6 Å². The Kier molecular flexibility index (Phi) is 10.9. The maximum Gasteiger partial charge on any atom is 0.326 e. The summed E-state index contributed by atoms with van der Waals surface area (Å²) in [7, 11) is 0. The van der Waals surface area contributed by atoms with E-state index in [0.29, 0.717) is 5.56 Å². The van der Waals surface area contributed by atoms with Crippen LogP contribution in [0, 0.1) is 0 Å². The standard InChI is InChI=1S/C20H27N5O9/c21-12(5-6-15(22)27)18(31)23-9-16(28)24-13(8-17(29)30)19(32)25-14(20(33)34)7-10-1-3-11(26)4-2-10/h1-4,12-14,26H,5-9,21H2,(H2,22,27)(H,23,31)(H,24,28)(H,25,32)(H,29,30)(H,33,34). The molecule has 186 valence electrons. The zero-order valence-corrected chi connectivity index (χ0v) is 18.0. The number of carbonyl (C=O) groups excluding carboxylic acids is 4. The van der Waals surface area contributed by atoms with Crippen LogP contribution in [-0.2, 0) is 35.2 Å². The monoisotopic (exact) mass is 481 g/mol. The van der Waals surface area contributed by atoms with Gasteiger partial charge in [-0.1, -0.05) is 12.1 Å². The van der Waals surface area contributed by atoms with Gasteiger partial charge in [0.25, 0.3) is 0 Å². The summed E-state index contributed by atoms with van der Waals surface area (Å²) in [6.45, 7) is -0.650. The first kappa shape index (κ1) is 27.8. The Labute approximate surface area is 193 Å². The van der Waals surface area contributed by atoms with Gasteiger partial charge in [-0.05, 0) is 24.1 Å². The summed E-state index contributed by atoms with van der Waals surface area (Å²) < 4.78 is 0. The fourth-order valence-corrected chi connectivity index (χ4v) is 2.70. The minimum Gasteiger partial charge on any atom is -0.508 e. The van der Waals surface area contributed by atoms with Gasteiger partial charge >= 0.3 is 11.9 Å². The summed E-state index contributed by atoms with van der Waals surface area (Å²) in [5.41, 5.74) is 11.0. The Morgan fingerprint density at radius 3 is 2.06 bits per heavy atom. The number of phenols is 1. The maximum atomic E-state index is 12.5. The van der Waals surface area contributed by atoms with E-state index in [9.17, 15) is 39.0 Å². The van der Waals surface area contributed by atoms with E-state index in [4.69, 9.17) is 16.6 Å². The van der Waals surface area contributed by atoms with Crippen molar-refractivity contribution in [3.8, 4) is 5.75 Å². The van der Waals surface area contributed by atoms with E-state index in [1.165, 1.54) is 24.3 Å². The summed E-state index contributed by atoms with van der Waals surface area (Å²) in [6, 6.07) is 1.36. The van der Waals surface area contributed by atoms with Gasteiger partial charge in [0.05, 0.1) is 19.0 Å². The Morgan fingerprint density at radius 2 is 1.53 bits per heavy atom. The van der Waals surface area contributed by atoms with Crippen molar-refractivity contribution in [1.82, 2.24) is 16.0 Å². The summed E-state index contributed by atoms with van der Waals surface area (Å²) in [5, 5.41) is 34.2. The van der Waals surface area contributed by atoms with Gasteiger partial charge in [0, 0.05) is 12.8 Å². The second-order valence-electron chi connectivity index (χ2n) is 7.32. The number of hydrogen-bond donors (Lipinski definition) is 8. The molecule has 0 aliphatic heterocycles. The van der Waals surface area contributed by atoms with Crippen molar-refractivity contribution in [3.63, 3.8) is 0 Å². The zero-order chi connectivity index (χ0) is 25.8. The molecule has 0 aliphatic carbocycles. The second kappa shape index (κ2) is 13.4. The molecule has 0 spiro atoms. The SMILES string of the molecule is NC(=O)CCC(N)C(=O)NCC(=O)NC(CC(=O)O)C(=O)NC(Cc1ccc(O)cc1)C(=O)O. The van der Waals surface area contributed by atoms with Crippen LogP contribution in [0.2, 0.25) is 0 Å². The molecule has 3 atom stereocenters. The number of hydrogen-bond acceptors (Lipinski definition) is 8. The van der Waals surface area contributed by atoms with Gasteiger partial charge < -0.3 is 42.7 Å². The number of benzene rings is 1. The van der Waals surface area contributed by atoms with Gasteiger partial charge in [0.2, 0.25) is 23.6 Å². The number of primary amides is 1. The highest BCUT2D eigenvalue weighted by atomic mass is 16.4. The van der Waals surface area contributed by atoms with E-state index in [1.807, 2.05) is 0 Å². The van der Waals surface area contributed by atoms with Crippen LogP contribution in [0.5, 0.6) is 5.75 Å². The van der Waals surface area contributed by atoms with Crippen molar-refractivity contribution in [3.05, 3.63) is 29.8 Å². The van der Waals surface area contributed by atoms with Crippen molar-refractivity contribution in [1.29, 1.82) is 0 Å². The Morgan fingerprint density at radius 1 is 0.912 bits per heavy atom. The van der Waals surface area contributed by atoms with Crippen molar-refractivity contribution in [2.45, 2.75) is 43.8 Å². The van der Waals surface area contributed by atoms with Crippen molar-refractivity contribution in [2.24, 2.45) is 11.5 Å². The molecular formula is C20H27N5O9. The lowest BCUT2D eigenvalue weighted by atomic mass is 10.0. The molecule has 1 aromatic carbocycles. The molecule has 14 heteroatoms. The van der Waals surface area contributed by atoms with Gasteiger partial charge in [-0.15, -0.1) is 0 Å². The minimum atomic E-state index is -1.63. The van der Waals surface area contributed by atoms with Crippen LogP contribution >= 0.6 is 0 Å². The number of amides is 4. The fourth-order valence-electron chi connectivity index (χ4n) is 2.70. The third-order valence-corrected chi connectivity index (χ3v) is 4.48. The lowest BCUT2D eigenvalue weighted by Crippen LogP contribution is -2.54. The van der Waals surface area contributed by atoms with Crippen molar-refractivity contribution < 1.29 is 44.1 Å². The average Bonchev–Trinajstić information content (AvgIpc) is 2.75. The van der Waals surface area contributed by atoms with Crippen LogP contribution in [-0.4, -0.2) is 75.6 Å².